The summed E-state index contributed by atoms with van der Waals surface area (Å²) in [5, 5.41) is 2.24. The molecule has 0 atom stereocenters. The monoisotopic (exact) mass is 375 g/mol. The van der Waals surface area contributed by atoms with Crippen LogP contribution in [0.1, 0.15) is 29.8 Å². The Labute approximate surface area is 165 Å². The number of rotatable bonds is 8. The lowest BCUT2D eigenvalue weighted by molar-refractivity contribution is -0.132. The molecule has 4 heteroatoms. The van der Waals surface area contributed by atoms with Crippen molar-refractivity contribution in [1.29, 1.82) is 0 Å². The molecule has 0 aliphatic carbocycles. The first kappa shape index (κ1) is 19.6. The molecule has 0 saturated heterocycles. The fourth-order valence-electron chi connectivity index (χ4n) is 3.27. The summed E-state index contributed by atoms with van der Waals surface area (Å²) in [5.74, 6) is 0.602. The lowest BCUT2D eigenvalue weighted by Crippen LogP contribution is -2.34. The highest BCUT2D eigenvalue weighted by Crippen LogP contribution is 2.21. The number of hydrogen-bond acceptors (Lipinski definition) is 3. The molecular formula is C24H25NO3. The number of benzene rings is 3. The Morgan fingerprint density at radius 1 is 0.857 bits per heavy atom. The number of Topliss-reactive ketones (excluding diaryl/α,β-unsaturated/α-hetero) is 1. The zero-order chi connectivity index (χ0) is 19.9. The molecule has 1 amide bonds. The predicted octanol–water partition coefficient (Wildman–Crippen LogP) is 4.51. The second-order valence-electron chi connectivity index (χ2n) is 6.62. The third-order valence-corrected chi connectivity index (χ3v) is 4.89. The lowest BCUT2D eigenvalue weighted by atomic mass is 9.98. The van der Waals surface area contributed by atoms with Crippen LogP contribution >= 0.6 is 0 Å². The third kappa shape index (κ3) is 4.58. The Balaban J connectivity index is 1.64. The van der Waals surface area contributed by atoms with E-state index in [0.29, 0.717) is 30.8 Å². The molecule has 3 rings (SSSR count). The Bertz CT molecular complexity index is 954. The largest absolute Gasteiger partial charge is 0.484 e. The van der Waals surface area contributed by atoms with Crippen LogP contribution in [0.3, 0.4) is 0 Å². The summed E-state index contributed by atoms with van der Waals surface area (Å²) in [6.07, 6.45) is 0.349. The molecule has 4 nitrogen and oxygen atoms in total. The smallest absolute Gasteiger partial charge is 0.260 e. The summed E-state index contributed by atoms with van der Waals surface area (Å²) in [6, 6.07) is 21.1. The van der Waals surface area contributed by atoms with Crippen molar-refractivity contribution in [3.63, 3.8) is 0 Å². The van der Waals surface area contributed by atoms with Gasteiger partial charge in [0.1, 0.15) is 5.75 Å². The van der Waals surface area contributed by atoms with E-state index >= 15 is 0 Å². The molecule has 0 bridgehead atoms. The van der Waals surface area contributed by atoms with Crippen molar-refractivity contribution in [2.75, 3.05) is 19.7 Å². The van der Waals surface area contributed by atoms with Gasteiger partial charge in [0.25, 0.3) is 5.91 Å². The number of amides is 1. The molecule has 0 aliphatic heterocycles. The number of hydrogen-bond donors (Lipinski definition) is 0. The van der Waals surface area contributed by atoms with E-state index in [4.69, 9.17) is 4.74 Å². The standard InChI is InChI=1S/C24H25NO3/c1-3-25(4-2)24(27)17-28-21-14-12-19(13-15-21)23(26)16-20-10-7-9-18-8-5-6-11-22(18)20/h5-15H,3-4,16-17H2,1-2H3. The van der Waals surface area contributed by atoms with Crippen molar-refractivity contribution < 1.29 is 14.3 Å². The first-order chi connectivity index (χ1) is 13.6. The Morgan fingerprint density at radius 3 is 2.25 bits per heavy atom. The fourth-order valence-corrected chi connectivity index (χ4v) is 3.27. The lowest BCUT2D eigenvalue weighted by Gasteiger charge is -2.18. The van der Waals surface area contributed by atoms with Gasteiger partial charge in [-0.1, -0.05) is 42.5 Å². The molecular weight excluding hydrogens is 350 g/mol. The van der Waals surface area contributed by atoms with Crippen LogP contribution in [-0.2, 0) is 11.2 Å². The van der Waals surface area contributed by atoms with E-state index < -0.39 is 0 Å². The van der Waals surface area contributed by atoms with E-state index in [0.717, 1.165) is 16.3 Å². The molecule has 3 aromatic rings. The van der Waals surface area contributed by atoms with Gasteiger partial charge in [0.2, 0.25) is 0 Å². The number of likely N-dealkylation sites (N-methyl/N-ethyl adjacent to an activating group) is 1. The maximum absolute atomic E-state index is 12.7. The minimum absolute atomic E-state index is 0.00494. The third-order valence-electron chi connectivity index (χ3n) is 4.89. The van der Waals surface area contributed by atoms with E-state index in [1.807, 2.05) is 44.2 Å². The van der Waals surface area contributed by atoms with Crippen molar-refractivity contribution in [1.82, 2.24) is 4.90 Å². The summed E-state index contributed by atoms with van der Waals surface area (Å²) in [6.45, 7) is 5.22. The van der Waals surface area contributed by atoms with Gasteiger partial charge in [-0.3, -0.25) is 9.59 Å². The molecule has 3 aromatic carbocycles. The summed E-state index contributed by atoms with van der Waals surface area (Å²) in [4.78, 5) is 26.4. The maximum atomic E-state index is 12.7. The van der Waals surface area contributed by atoms with E-state index in [2.05, 4.69) is 12.1 Å². The van der Waals surface area contributed by atoms with Crippen LogP contribution in [-0.4, -0.2) is 36.3 Å². The number of carbonyl (C=O) groups excluding carboxylic acids is 2. The molecule has 0 fully saturated rings. The minimum Gasteiger partial charge on any atom is -0.484 e. The second kappa shape index (κ2) is 9.18. The van der Waals surface area contributed by atoms with Crippen molar-refractivity contribution in [3.8, 4) is 5.75 Å². The molecule has 0 radical (unpaired) electrons. The van der Waals surface area contributed by atoms with Gasteiger partial charge >= 0.3 is 0 Å². The second-order valence-corrected chi connectivity index (χ2v) is 6.62. The number of nitrogens with zero attached hydrogens (tertiary/aromatic N) is 1. The molecule has 0 unspecified atom stereocenters. The average Bonchev–Trinajstić information content (AvgIpc) is 2.74. The van der Waals surface area contributed by atoms with Crippen LogP contribution < -0.4 is 4.74 Å². The number of fused-ring (bicyclic) bond motifs is 1. The van der Waals surface area contributed by atoms with Crippen molar-refractivity contribution in [2.24, 2.45) is 0 Å². The van der Waals surface area contributed by atoms with E-state index in [9.17, 15) is 9.59 Å². The number of carbonyl (C=O) groups is 2. The topological polar surface area (TPSA) is 46.6 Å². The Hall–Kier alpha value is -3.14. The van der Waals surface area contributed by atoms with E-state index in [1.54, 1.807) is 29.2 Å². The predicted molar refractivity (Wildman–Crippen MR) is 112 cm³/mol. The van der Waals surface area contributed by atoms with Crippen LogP contribution in [0.2, 0.25) is 0 Å². The van der Waals surface area contributed by atoms with E-state index in [-0.39, 0.29) is 18.3 Å². The normalized spacial score (nSPS) is 10.6. The first-order valence-electron chi connectivity index (χ1n) is 9.62. The Morgan fingerprint density at radius 2 is 1.54 bits per heavy atom. The summed E-state index contributed by atoms with van der Waals surface area (Å²) in [7, 11) is 0. The zero-order valence-electron chi connectivity index (χ0n) is 16.4. The SMILES string of the molecule is CCN(CC)C(=O)COc1ccc(C(=O)Cc2cccc3ccccc23)cc1. The van der Waals surface area contributed by atoms with Gasteiger partial charge in [-0.05, 0) is 54.4 Å². The molecule has 144 valence electrons. The van der Waals surface area contributed by atoms with Crippen molar-refractivity contribution >= 4 is 22.5 Å². The first-order valence-corrected chi connectivity index (χ1v) is 9.62. The molecule has 0 spiro atoms. The summed E-state index contributed by atoms with van der Waals surface area (Å²) in [5.41, 5.74) is 1.66. The van der Waals surface area contributed by atoms with Gasteiger partial charge in [-0.15, -0.1) is 0 Å². The van der Waals surface area contributed by atoms with Gasteiger partial charge in [0.05, 0.1) is 0 Å². The summed E-state index contributed by atoms with van der Waals surface area (Å²) >= 11 is 0. The van der Waals surface area contributed by atoms with Gasteiger partial charge < -0.3 is 9.64 Å². The van der Waals surface area contributed by atoms with Gasteiger partial charge in [0, 0.05) is 25.1 Å². The van der Waals surface area contributed by atoms with Gasteiger partial charge in [0.15, 0.2) is 12.4 Å². The molecule has 0 aromatic heterocycles. The highest BCUT2D eigenvalue weighted by Gasteiger charge is 2.12. The minimum atomic E-state index is -0.0406. The quantitative estimate of drug-likeness (QED) is 0.544. The fraction of sp³-hybridized carbons (Fsp3) is 0.250. The van der Waals surface area contributed by atoms with Crippen LogP contribution in [0, 0.1) is 0 Å². The summed E-state index contributed by atoms with van der Waals surface area (Å²) < 4.78 is 5.56. The van der Waals surface area contributed by atoms with Crippen LogP contribution in [0.15, 0.2) is 66.7 Å². The van der Waals surface area contributed by atoms with Crippen molar-refractivity contribution in [3.05, 3.63) is 77.9 Å². The van der Waals surface area contributed by atoms with Crippen LogP contribution in [0.25, 0.3) is 10.8 Å². The zero-order valence-corrected chi connectivity index (χ0v) is 16.4. The highest BCUT2D eigenvalue weighted by molar-refractivity contribution is 6.00. The van der Waals surface area contributed by atoms with Crippen LogP contribution in [0.4, 0.5) is 0 Å². The number of ether oxygens (including phenoxy) is 1. The average molecular weight is 375 g/mol. The molecule has 0 N–H and O–H groups in total. The molecule has 0 heterocycles. The Kier molecular flexibility index (Phi) is 6.43. The van der Waals surface area contributed by atoms with E-state index in [1.165, 1.54) is 0 Å². The van der Waals surface area contributed by atoms with Gasteiger partial charge in [-0.25, -0.2) is 0 Å². The molecule has 28 heavy (non-hydrogen) atoms. The van der Waals surface area contributed by atoms with Crippen LogP contribution in [0.5, 0.6) is 5.75 Å². The maximum Gasteiger partial charge on any atom is 0.260 e. The van der Waals surface area contributed by atoms with Gasteiger partial charge in [-0.2, -0.15) is 0 Å². The highest BCUT2D eigenvalue weighted by atomic mass is 16.5. The molecule has 0 aliphatic rings. The molecule has 0 saturated carbocycles. The van der Waals surface area contributed by atoms with Crippen molar-refractivity contribution in [2.45, 2.75) is 20.3 Å². The number of ketones is 1.